The maximum Gasteiger partial charge on any atom is 0.332 e. The van der Waals surface area contributed by atoms with E-state index >= 15 is 0 Å². The van der Waals surface area contributed by atoms with Crippen molar-refractivity contribution in [3.05, 3.63) is 67.8 Å². The number of carbonyl (C=O) groups excluding carboxylic acids is 2. The average Bonchev–Trinajstić information content (AvgIpc) is 3.11. The van der Waals surface area contributed by atoms with Crippen molar-refractivity contribution in [1.82, 2.24) is 0 Å². The van der Waals surface area contributed by atoms with E-state index in [1.165, 1.54) is 0 Å². The summed E-state index contributed by atoms with van der Waals surface area (Å²) in [5, 5.41) is 29.1. The van der Waals surface area contributed by atoms with Gasteiger partial charge in [0.05, 0.1) is 93.6 Å². The van der Waals surface area contributed by atoms with Crippen LogP contribution in [0.25, 0.3) is 0 Å². The van der Waals surface area contributed by atoms with Crippen molar-refractivity contribution < 1.29 is 84.7 Å². The SMILES string of the molecule is CC(C)(C)OC(=O)COCCOCCOCCOc1c(F)cc([N+](=O)[O-])cc1F.CCCOCCOCCOCC(=O)OC(C)(C)C.O=[N+]([O-])c1cc(F)c(O)c(F)c1. The van der Waals surface area contributed by atoms with E-state index in [2.05, 4.69) is 6.92 Å². The van der Waals surface area contributed by atoms with Gasteiger partial charge in [0.2, 0.25) is 0 Å². The van der Waals surface area contributed by atoms with Crippen molar-refractivity contribution in [2.24, 2.45) is 0 Å². The number of phenolic OH excluding ortho intramolecular Hbond substituents is 1. The number of aromatic hydroxyl groups is 1. The highest BCUT2D eigenvalue weighted by atomic mass is 19.1. The number of rotatable bonds is 24. The summed E-state index contributed by atoms with van der Waals surface area (Å²) in [6.45, 7) is 16.2. The summed E-state index contributed by atoms with van der Waals surface area (Å²) in [6.07, 6.45) is 1.01. The first-order chi connectivity index (χ1) is 27.6. The molecule has 0 unspecified atom stereocenters. The van der Waals surface area contributed by atoms with E-state index in [4.69, 9.17) is 47.7 Å². The average molecular weight is 859 g/mol. The number of phenols is 1. The Kier molecular flexibility index (Phi) is 27.1. The molecule has 18 nitrogen and oxygen atoms in total. The van der Waals surface area contributed by atoms with Crippen LogP contribution in [0.2, 0.25) is 0 Å². The maximum atomic E-state index is 13.6. The molecule has 1 N–H and O–H groups in total. The Bertz CT molecular complexity index is 1530. The summed E-state index contributed by atoms with van der Waals surface area (Å²) in [6, 6.07) is 2.05. The lowest BCUT2D eigenvalue weighted by molar-refractivity contribution is -0.385. The number of nitro groups is 2. The molecule has 0 amide bonds. The zero-order chi connectivity index (χ0) is 45.0. The summed E-state index contributed by atoms with van der Waals surface area (Å²) in [5.74, 6) is -7.73. The minimum atomic E-state index is -1.35. The summed E-state index contributed by atoms with van der Waals surface area (Å²) < 4.78 is 98.2. The first kappa shape index (κ1) is 54.3. The van der Waals surface area contributed by atoms with Gasteiger partial charge in [-0.25, -0.2) is 27.2 Å². The van der Waals surface area contributed by atoms with Gasteiger partial charge in [0.15, 0.2) is 34.8 Å². The minimum Gasteiger partial charge on any atom is -0.503 e. The highest BCUT2D eigenvalue weighted by molar-refractivity contribution is 5.71. The van der Waals surface area contributed by atoms with Gasteiger partial charge in [-0.2, -0.15) is 0 Å². The van der Waals surface area contributed by atoms with Gasteiger partial charge in [0, 0.05) is 6.61 Å². The lowest BCUT2D eigenvalue weighted by Gasteiger charge is -2.19. The lowest BCUT2D eigenvalue weighted by atomic mass is 10.2. The summed E-state index contributed by atoms with van der Waals surface area (Å²) in [7, 11) is 0. The predicted molar refractivity (Wildman–Crippen MR) is 200 cm³/mol. The topological polar surface area (TPSA) is 224 Å². The highest BCUT2D eigenvalue weighted by Gasteiger charge is 2.19. The molecule has 0 aliphatic rings. The smallest absolute Gasteiger partial charge is 0.332 e. The number of nitro benzene ring substituents is 2. The second-order valence-electron chi connectivity index (χ2n) is 13.6. The summed E-state index contributed by atoms with van der Waals surface area (Å²) in [4.78, 5) is 41.3. The third-order valence-corrected chi connectivity index (χ3v) is 6.00. The Balaban J connectivity index is 0.000000949. The van der Waals surface area contributed by atoms with E-state index in [0.717, 1.165) is 13.0 Å². The predicted octanol–water partition coefficient (Wildman–Crippen LogP) is 6.01. The van der Waals surface area contributed by atoms with E-state index in [9.17, 15) is 47.4 Å². The van der Waals surface area contributed by atoms with Gasteiger partial charge in [-0.05, 0) is 48.0 Å². The van der Waals surface area contributed by atoms with Gasteiger partial charge < -0.3 is 47.7 Å². The molecular weight excluding hydrogens is 804 g/mol. The first-order valence-corrected chi connectivity index (χ1v) is 18.1. The maximum absolute atomic E-state index is 13.6. The molecule has 59 heavy (non-hydrogen) atoms. The molecule has 0 aliphatic carbocycles. The molecule has 0 aromatic heterocycles. The molecule has 0 atom stereocenters. The van der Waals surface area contributed by atoms with E-state index in [-0.39, 0.29) is 58.8 Å². The van der Waals surface area contributed by atoms with Gasteiger partial charge >= 0.3 is 11.9 Å². The van der Waals surface area contributed by atoms with Crippen molar-refractivity contribution in [3.8, 4) is 11.5 Å². The molecule has 22 heteroatoms. The van der Waals surface area contributed by atoms with Crippen molar-refractivity contribution in [1.29, 1.82) is 0 Å². The van der Waals surface area contributed by atoms with Crippen molar-refractivity contribution in [2.45, 2.75) is 66.1 Å². The quantitative estimate of drug-likeness (QED) is 0.0420. The highest BCUT2D eigenvalue weighted by Crippen LogP contribution is 2.27. The van der Waals surface area contributed by atoms with Gasteiger partial charge in [-0.15, -0.1) is 0 Å². The Morgan fingerprint density at radius 2 is 0.864 bits per heavy atom. The third kappa shape index (κ3) is 28.3. The number of ether oxygens (including phenoxy) is 9. The summed E-state index contributed by atoms with van der Waals surface area (Å²) >= 11 is 0. The Morgan fingerprint density at radius 3 is 1.19 bits per heavy atom. The fourth-order valence-electron chi connectivity index (χ4n) is 3.73. The molecule has 336 valence electrons. The zero-order valence-electron chi connectivity index (χ0n) is 34.2. The largest absolute Gasteiger partial charge is 0.503 e. The van der Waals surface area contributed by atoms with Gasteiger partial charge in [0.25, 0.3) is 11.4 Å². The molecular formula is C37H54F4N2O16. The molecule has 0 bridgehead atoms. The number of non-ortho nitro benzene ring substituents is 2. The van der Waals surface area contributed by atoms with Crippen LogP contribution in [0.1, 0.15) is 54.9 Å². The van der Waals surface area contributed by atoms with Gasteiger partial charge in [-0.1, -0.05) is 6.92 Å². The fraction of sp³-hybridized carbons (Fsp3) is 0.622. The number of esters is 2. The number of nitrogens with zero attached hydrogens (tertiary/aromatic N) is 2. The van der Waals surface area contributed by atoms with Crippen LogP contribution in [0, 0.1) is 43.5 Å². The first-order valence-electron chi connectivity index (χ1n) is 18.1. The molecule has 0 saturated heterocycles. The van der Waals surface area contributed by atoms with Crippen LogP contribution in [0.4, 0.5) is 28.9 Å². The van der Waals surface area contributed by atoms with Crippen molar-refractivity contribution >= 4 is 23.3 Å². The van der Waals surface area contributed by atoms with Gasteiger partial charge in [-0.3, -0.25) is 20.2 Å². The third-order valence-electron chi connectivity index (χ3n) is 6.00. The Morgan fingerprint density at radius 1 is 0.559 bits per heavy atom. The van der Waals surface area contributed by atoms with Crippen LogP contribution >= 0.6 is 0 Å². The molecule has 0 saturated carbocycles. The van der Waals surface area contributed by atoms with E-state index < -0.39 is 73.2 Å². The zero-order valence-corrected chi connectivity index (χ0v) is 34.2. The van der Waals surface area contributed by atoms with Crippen LogP contribution in [-0.2, 0) is 47.5 Å². The van der Waals surface area contributed by atoms with Gasteiger partial charge in [0.1, 0.15) is 31.0 Å². The van der Waals surface area contributed by atoms with E-state index in [0.29, 0.717) is 50.7 Å². The number of carbonyl (C=O) groups is 2. The molecule has 0 fully saturated rings. The van der Waals surface area contributed by atoms with E-state index in [1.807, 2.05) is 20.8 Å². The van der Waals surface area contributed by atoms with Crippen LogP contribution in [0.15, 0.2) is 24.3 Å². The second kappa shape index (κ2) is 29.5. The Labute approximate surface area is 339 Å². The molecule has 0 aliphatic heterocycles. The standard InChI is InChI=1S/C18H25F2NO8.C13H26O5.C6H3F2NO3/c1-18(2,3)29-16(22)12-27-7-6-25-4-5-26-8-9-28-17-14(19)10-13(21(23)24)11-15(17)20;1-5-6-15-7-8-16-9-10-17-11-12(14)18-13(2,3)4;7-4-1-3(9(11)12)2-5(8)6(4)10/h10-11H,4-9,12H2,1-3H3;5-11H2,1-4H3;1-2,10H. The summed E-state index contributed by atoms with van der Waals surface area (Å²) in [5.41, 5.74) is -2.46. The minimum absolute atomic E-state index is 0.0348. The molecule has 0 spiro atoms. The normalized spacial score (nSPS) is 11.1. The van der Waals surface area contributed by atoms with Crippen LogP contribution in [0.5, 0.6) is 11.5 Å². The van der Waals surface area contributed by atoms with Crippen molar-refractivity contribution in [3.63, 3.8) is 0 Å². The molecule has 0 radical (unpaired) electrons. The van der Waals surface area contributed by atoms with Crippen LogP contribution < -0.4 is 4.74 Å². The van der Waals surface area contributed by atoms with E-state index in [1.54, 1.807) is 20.8 Å². The number of hydrogen-bond donors (Lipinski definition) is 1. The number of hydrogen-bond acceptors (Lipinski definition) is 16. The lowest BCUT2D eigenvalue weighted by Crippen LogP contribution is -2.27. The molecule has 2 rings (SSSR count). The van der Waals surface area contributed by atoms with Crippen molar-refractivity contribution in [2.75, 3.05) is 85.9 Å². The molecule has 0 heterocycles. The van der Waals surface area contributed by atoms with Crippen LogP contribution in [0.3, 0.4) is 0 Å². The fourth-order valence-corrected chi connectivity index (χ4v) is 3.73. The molecule has 2 aromatic rings. The number of halogens is 4. The van der Waals surface area contributed by atoms with Crippen LogP contribution in [-0.4, -0.2) is 124 Å². The monoisotopic (exact) mass is 858 g/mol. The second-order valence-corrected chi connectivity index (χ2v) is 13.6. The Hall–Kier alpha value is -4.74. The molecule has 2 aromatic carbocycles. The number of benzene rings is 2.